The Morgan fingerprint density at radius 2 is 1.80 bits per heavy atom. The molecule has 0 aliphatic carbocycles. The Morgan fingerprint density at radius 1 is 1.30 bits per heavy atom. The van der Waals surface area contributed by atoms with Gasteiger partial charge in [-0.3, -0.25) is 0 Å². The van der Waals surface area contributed by atoms with Gasteiger partial charge in [-0.2, -0.15) is 0 Å². The van der Waals surface area contributed by atoms with Crippen LogP contribution in [0.2, 0.25) is 0 Å². The predicted molar refractivity (Wildman–Crippen MR) is 36.5 cm³/mol. The summed E-state index contributed by atoms with van der Waals surface area (Å²) in [6.45, 7) is 5.14. The minimum Gasteiger partial charge on any atom is -0.333 e. The predicted octanol–water partition coefficient (Wildman–Crippen LogP) is 0.989. The largest absolute Gasteiger partial charge is 0.333 e. The van der Waals surface area contributed by atoms with Crippen LogP contribution in [0.5, 0.6) is 0 Å². The van der Waals surface area contributed by atoms with Gasteiger partial charge in [-0.05, 0) is 0 Å². The molecule has 1 aliphatic rings. The molecule has 10 heavy (non-hydrogen) atoms. The van der Waals surface area contributed by atoms with Crippen LogP contribution in [0.25, 0.3) is 0 Å². The zero-order valence-electron chi connectivity index (χ0n) is 6.72. The van der Waals surface area contributed by atoms with Crippen LogP contribution in [0.4, 0.5) is 0 Å². The first kappa shape index (κ1) is 7.98. The average molecular weight is 146 g/mol. The van der Waals surface area contributed by atoms with Crippen LogP contribution in [-0.4, -0.2) is 26.8 Å². The average Bonchev–Trinajstić information content (AvgIpc) is 1.88. The van der Waals surface area contributed by atoms with Gasteiger partial charge < -0.3 is 14.2 Å². The Hall–Kier alpha value is -0.120. The summed E-state index contributed by atoms with van der Waals surface area (Å²) in [6, 6.07) is 0. The molecule has 60 valence electrons. The van der Waals surface area contributed by atoms with Crippen molar-refractivity contribution in [2.75, 3.05) is 20.3 Å². The van der Waals surface area contributed by atoms with Crippen molar-refractivity contribution in [1.82, 2.24) is 0 Å². The Bertz CT molecular complexity index is 101. The van der Waals surface area contributed by atoms with Crippen LogP contribution >= 0.6 is 0 Å². The Morgan fingerprint density at radius 3 is 2.20 bits per heavy atom. The van der Waals surface area contributed by atoms with Gasteiger partial charge in [0, 0.05) is 12.5 Å². The minimum absolute atomic E-state index is 0.134. The van der Waals surface area contributed by atoms with Crippen molar-refractivity contribution >= 4 is 0 Å². The Labute approximate surface area is 61.3 Å². The molecule has 1 fully saturated rings. The molecular formula is C7H14O3. The fourth-order valence-corrected chi connectivity index (χ4v) is 0.813. The maximum absolute atomic E-state index is 5.20. The van der Waals surface area contributed by atoms with Crippen LogP contribution in [0.15, 0.2) is 0 Å². The molecule has 1 aliphatic heterocycles. The fraction of sp³-hybridized carbons (Fsp3) is 1.00. The quantitative estimate of drug-likeness (QED) is 0.552. The van der Waals surface area contributed by atoms with Gasteiger partial charge in [0.15, 0.2) is 0 Å². The first-order valence-electron chi connectivity index (χ1n) is 3.40. The molecule has 0 saturated carbocycles. The second-order valence-corrected chi connectivity index (χ2v) is 3.31. The maximum Gasteiger partial charge on any atom is 0.271 e. The normalized spacial score (nSPS) is 26.7. The standard InChI is InChI=1S/C7H14O3/c1-7(2)4-9-6(8-3)10-5-7/h6H,4-5H2,1-3H3. The Kier molecular flexibility index (Phi) is 2.28. The van der Waals surface area contributed by atoms with Crippen molar-refractivity contribution in [2.24, 2.45) is 5.41 Å². The second-order valence-electron chi connectivity index (χ2n) is 3.31. The number of rotatable bonds is 1. The summed E-state index contributed by atoms with van der Waals surface area (Å²) >= 11 is 0. The summed E-state index contributed by atoms with van der Waals surface area (Å²) in [4.78, 5) is 0. The van der Waals surface area contributed by atoms with Crippen LogP contribution in [0.3, 0.4) is 0 Å². The van der Waals surface area contributed by atoms with Crippen molar-refractivity contribution in [3.8, 4) is 0 Å². The van der Waals surface area contributed by atoms with Crippen molar-refractivity contribution in [1.29, 1.82) is 0 Å². The summed E-state index contributed by atoms with van der Waals surface area (Å²) in [7, 11) is 1.57. The highest BCUT2D eigenvalue weighted by Gasteiger charge is 2.27. The monoisotopic (exact) mass is 146 g/mol. The van der Waals surface area contributed by atoms with E-state index in [4.69, 9.17) is 14.2 Å². The van der Waals surface area contributed by atoms with Gasteiger partial charge in [0.2, 0.25) is 0 Å². The summed E-state index contributed by atoms with van der Waals surface area (Å²) < 4.78 is 15.2. The van der Waals surface area contributed by atoms with Gasteiger partial charge in [0.25, 0.3) is 6.48 Å². The van der Waals surface area contributed by atoms with Gasteiger partial charge in [-0.1, -0.05) is 13.8 Å². The Balaban J connectivity index is 2.31. The molecule has 0 aromatic heterocycles. The molecule has 0 N–H and O–H groups in total. The van der Waals surface area contributed by atoms with Gasteiger partial charge in [0.1, 0.15) is 0 Å². The lowest BCUT2D eigenvalue weighted by molar-refractivity contribution is -0.325. The molecule has 0 bridgehead atoms. The highest BCUT2D eigenvalue weighted by Crippen LogP contribution is 2.22. The van der Waals surface area contributed by atoms with E-state index in [9.17, 15) is 0 Å². The molecule has 0 aromatic rings. The summed E-state index contributed by atoms with van der Waals surface area (Å²) in [6.07, 6.45) is 0. The van der Waals surface area contributed by atoms with Crippen molar-refractivity contribution in [3.63, 3.8) is 0 Å². The van der Waals surface area contributed by atoms with E-state index in [1.807, 2.05) is 0 Å². The zero-order valence-corrected chi connectivity index (χ0v) is 6.72. The molecule has 0 unspecified atom stereocenters. The molecule has 1 saturated heterocycles. The van der Waals surface area contributed by atoms with E-state index in [1.165, 1.54) is 0 Å². The molecule has 0 radical (unpaired) electrons. The van der Waals surface area contributed by atoms with Gasteiger partial charge in [-0.25, -0.2) is 0 Å². The maximum atomic E-state index is 5.20. The zero-order chi connectivity index (χ0) is 7.61. The lowest BCUT2D eigenvalue weighted by Crippen LogP contribution is -2.38. The molecule has 3 heteroatoms. The van der Waals surface area contributed by atoms with Gasteiger partial charge in [-0.15, -0.1) is 0 Å². The molecule has 3 nitrogen and oxygen atoms in total. The topological polar surface area (TPSA) is 27.7 Å². The summed E-state index contributed by atoms with van der Waals surface area (Å²) in [5, 5.41) is 0. The van der Waals surface area contributed by atoms with E-state index in [-0.39, 0.29) is 5.41 Å². The minimum atomic E-state index is -0.451. The van der Waals surface area contributed by atoms with Crippen LogP contribution < -0.4 is 0 Å². The van der Waals surface area contributed by atoms with Gasteiger partial charge in [0.05, 0.1) is 13.2 Å². The van der Waals surface area contributed by atoms with E-state index >= 15 is 0 Å². The van der Waals surface area contributed by atoms with Crippen LogP contribution in [0, 0.1) is 5.41 Å². The fourth-order valence-electron chi connectivity index (χ4n) is 0.813. The smallest absolute Gasteiger partial charge is 0.271 e. The highest BCUT2D eigenvalue weighted by atomic mass is 16.8. The van der Waals surface area contributed by atoms with E-state index in [0.29, 0.717) is 13.2 Å². The SMILES string of the molecule is COC1OCC(C)(C)CO1. The molecular weight excluding hydrogens is 132 g/mol. The molecule has 0 aromatic carbocycles. The second kappa shape index (κ2) is 2.86. The van der Waals surface area contributed by atoms with E-state index in [0.717, 1.165) is 0 Å². The van der Waals surface area contributed by atoms with Crippen LogP contribution in [-0.2, 0) is 14.2 Å². The van der Waals surface area contributed by atoms with Crippen molar-refractivity contribution in [2.45, 2.75) is 20.3 Å². The van der Waals surface area contributed by atoms with Crippen molar-refractivity contribution in [3.05, 3.63) is 0 Å². The van der Waals surface area contributed by atoms with E-state index < -0.39 is 6.48 Å². The number of hydrogen-bond acceptors (Lipinski definition) is 3. The first-order valence-corrected chi connectivity index (χ1v) is 3.40. The summed E-state index contributed by atoms with van der Waals surface area (Å²) in [5.74, 6) is 0. The van der Waals surface area contributed by atoms with E-state index in [2.05, 4.69) is 13.8 Å². The molecule has 1 rings (SSSR count). The number of ether oxygens (including phenoxy) is 3. The third-order valence-electron chi connectivity index (χ3n) is 1.41. The molecule has 0 atom stereocenters. The highest BCUT2D eigenvalue weighted by molar-refractivity contribution is 4.68. The molecule has 1 heterocycles. The van der Waals surface area contributed by atoms with Crippen LogP contribution in [0.1, 0.15) is 13.8 Å². The number of methoxy groups -OCH3 is 1. The lowest BCUT2D eigenvalue weighted by atomic mass is 9.96. The third kappa shape index (κ3) is 1.94. The number of hydrogen-bond donors (Lipinski definition) is 0. The summed E-state index contributed by atoms with van der Waals surface area (Å²) in [5.41, 5.74) is 0.134. The first-order chi connectivity index (χ1) is 4.64. The lowest BCUT2D eigenvalue weighted by Gasteiger charge is -2.33. The van der Waals surface area contributed by atoms with Crippen molar-refractivity contribution < 1.29 is 14.2 Å². The third-order valence-corrected chi connectivity index (χ3v) is 1.41. The molecule has 0 spiro atoms. The molecule has 0 amide bonds. The van der Waals surface area contributed by atoms with Gasteiger partial charge >= 0.3 is 0 Å². The van der Waals surface area contributed by atoms with E-state index in [1.54, 1.807) is 7.11 Å².